The molecule has 5 heterocycles. The lowest BCUT2D eigenvalue weighted by Crippen LogP contribution is -2.66. The Morgan fingerprint density at radius 1 is 0.735 bits per heavy atom. The molecule has 11 nitrogen and oxygen atoms in total. The van der Waals surface area contributed by atoms with Crippen molar-refractivity contribution >= 4 is 5.97 Å². The van der Waals surface area contributed by atoms with Gasteiger partial charge in [0.2, 0.25) is 0 Å². The van der Waals surface area contributed by atoms with Crippen LogP contribution in [0.4, 0.5) is 0 Å². The van der Waals surface area contributed by atoms with E-state index < -0.39 is 90.7 Å². The lowest BCUT2D eigenvalue weighted by molar-refractivity contribution is -0.286. The van der Waals surface area contributed by atoms with Crippen LogP contribution in [0.25, 0.3) is 0 Å². The first-order valence-electron chi connectivity index (χ1n) is 11.9. The standard InChI is InChI=1S/C23H36O11/c1-9-12-14(30-21(3,4)29-12)11(25)13(26-9)15(27-10(2)24)16-17-18(32-22(5,6)31-17)19-20(28-16)34-23(7,8)33-19/h9,11-20,25H,1-8H3/t9-,11+,12+,13+,14-,15?,16-,17-,18-,19+,20+/m0/s1. The van der Waals surface area contributed by atoms with Crippen LogP contribution in [0, 0.1) is 0 Å². The van der Waals surface area contributed by atoms with Gasteiger partial charge in [0.25, 0.3) is 0 Å². The van der Waals surface area contributed by atoms with E-state index in [9.17, 15) is 9.90 Å². The van der Waals surface area contributed by atoms with Crippen LogP contribution in [0.5, 0.6) is 0 Å². The van der Waals surface area contributed by atoms with Crippen molar-refractivity contribution in [3.05, 3.63) is 0 Å². The van der Waals surface area contributed by atoms with E-state index in [0.29, 0.717) is 0 Å². The molecule has 0 aromatic carbocycles. The van der Waals surface area contributed by atoms with Gasteiger partial charge in [-0.2, -0.15) is 0 Å². The molecule has 0 saturated carbocycles. The summed E-state index contributed by atoms with van der Waals surface area (Å²) in [4.78, 5) is 12.2. The van der Waals surface area contributed by atoms with Gasteiger partial charge in [0.05, 0.1) is 6.10 Å². The molecule has 1 unspecified atom stereocenters. The molecule has 0 aliphatic carbocycles. The monoisotopic (exact) mass is 488 g/mol. The predicted octanol–water partition coefficient (Wildman–Crippen LogP) is 0.983. The van der Waals surface area contributed by atoms with Crippen LogP contribution in [-0.4, -0.2) is 95.8 Å². The van der Waals surface area contributed by atoms with Crippen molar-refractivity contribution in [2.75, 3.05) is 0 Å². The summed E-state index contributed by atoms with van der Waals surface area (Å²) in [7, 11) is 0. The van der Waals surface area contributed by atoms with E-state index in [-0.39, 0.29) is 0 Å². The molecular formula is C23H36O11. The lowest BCUT2D eigenvalue weighted by Gasteiger charge is -2.46. The quantitative estimate of drug-likeness (QED) is 0.573. The lowest BCUT2D eigenvalue weighted by atomic mass is 9.86. The van der Waals surface area contributed by atoms with E-state index in [4.69, 9.17) is 42.6 Å². The first-order chi connectivity index (χ1) is 15.7. The summed E-state index contributed by atoms with van der Waals surface area (Å²) in [6, 6.07) is 0. The maximum Gasteiger partial charge on any atom is 0.303 e. The van der Waals surface area contributed by atoms with Crippen molar-refractivity contribution < 1.29 is 52.5 Å². The van der Waals surface area contributed by atoms with Crippen LogP contribution >= 0.6 is 0 Å². The number of aliphatic hydroxyl groups is 1. The highest BCUT2D eigenvalue weighted by molar-refractivity contribution is 5.66. The Hall–Kier alpha value is -0.890. The van der Waals surface area contributed by atoms with E-state index >= 15 is 0 Å². The van der Waals surface area contributed by atoms with Crippen molar-refractivity contribution in [3.63, 3.8) is 0 Å². The Balaban J connectivity index is 1.47. The van der Waals surface area contributed by atoms with Crippen LogP contribution in [0.1, 0.15) is 55.4 Å². The number of esters is 1. The van der Waals surface area contributed by atoms with Gasteiger partial charge in [-0.1, -0.05) is 0 Å². The molecule has 1 N–H and O–H groups in total. The van der Waals surface area contributed by atoms with E-state index in [1.807, 2.05) is 6.92 Å². The number of carbonyl (C=O) groups is 1. The molecule has 11 atom stereocenters. The molecule has 5 saturated heterocycles. The third kappa shape index (κ3) is 4.29. The molecule has 0 radical (unpaired) electrons. The fourth-order valence-electron chi connectivity index (χ4n) is 5.73. The molecular weight excluding hydrogens is 452 g/mol. The summed E-state index contributed by atoms with van der Waals surface area (Å²) in [6.07, 6.45) is -8.15. The molecule has 5 fully saturated rings. The molecule has 0 aromatic heterocycles. The largest absolute Gasteiger partial charge is 0.457 e. The second-order valence-corrected chi connectivity index (χ2v) is 11.1. The third-order valence-electron chi connectivity index (χ3n) is 6.81. The number of hydrogen-bond donors (Lipinski definition) is 1. The van der Waals surface area contributed by atoms with Gasteiger partial charge in [-0.15, -0.1) is 0 Å². The van der Waals surface area contributed by atoms with E-state index in [2.05, 4.69) is 0 Å². The van der Waals surface area contributed by atoms with Crippen LogP contribution in [-0.2, 0) is 47.4 Å². The Bertz CT molecular complexity index is 813. The van der Waals surface area contributed by atoms with E-state index in [1.165, 1.54) is 6.92 Å². The number of fused-ring (bicyclic) bond motifs is 4. The van der Waals surface area contributed by atoms with Gasteiger partial charge in [-0.3, -0.25) is 4.79 Å². The second-order valence-electron chi connectivity index (χ2n) is 11.1. The van der Waals surface area contributed by atoms with Gasteiger partial charge >= 0.3 is 5.97 Å². The zero-order chi connectivity index (χ0) is 24.8. The normalized spacial score (nSPS) is 49.1. The Morgan fingerprint density at radius 2 is 1.26 bits per heavy atom. The van der Waals surface area contributed by atoms with Crippen LogP contribution in [0.15, 0.2) is 0 Å². The second kappa shape index (κ2) is 8.06. The molecule has 34 heavy (non-hydrogen) atoms. The van der Waals surface area contributed by atoms with Gasteiger partial charge < -0.3 is 47.7 Å². The SMILES string of the molecule is CC(=O)OC([C@@H]1O[C@@H](C)[C@H]2OC(C)(C)O[C@H]2[C@@H]1O)[C@@H]1O[C@@H]2OC(C)(C)O[C@@H]2[C@H]2OC(C)(C)O[C@H]21. The predicted molar refractivity (Wildman–Crippen MR) is 112 cm³/mol. The smallest absolute Gasteiger partial charge is 0.303 e. The van der Waals surface area contributed by atoms with E-state index in [0.717, 1.165) is 0 Å². The average molecular weight is 489 g/mol. The van der Waals surface area contributed by atoms with Crippen molar-refractivity contribution in [2.45, 2.75) is 140 Å². The minimum Gasteiger partial charge on any atom is -0.457 e. The van der Waals surface area contributed by atoms with Crippen molar-refractivity contribution in [3.8, 4) is 0 Å². The number of ether oxygens (including phenoxy) is 9. The van der Waals surface area contributed by atoms with Crippen molar-refractivity contribution in [1.82, 2.24) is 0 Å². The van der Waals surface area contributed by atoms with Crippen LogP contribution < -0.4 is 0 Å². The first-order valence-corrected chi connectivity index (χ1v) is 11.9. The molecule has 5 rings (SSSR count). The molecule has 5 aliphatic rings. The van der Waals surface area contributed by atoms with Gasteiger partial charge in [0.1, 0.15) is 48.8 Å². The molecule has 194 valence electrons. The molecule has 0 spiro atoms. The molecule has 0 bridgehead atoms. The Kier molecular flexibility index (Phi) is 5.87. The number of aliphatic hydroxyl groups excluding tert-OH is 1. The maximum atomic E-state index is 12.2. The number of rotatable bonds is 3. The summed E-state index contributed by atoms with van der Waals surface area (Å²) < 4.78 is 54.6. The molecule has 0 amide bonds. The van der Waals surface area contributed by atoms with Crippen molar-refractivity contribution in [1.29, 1.82) is 0 Å². The first kappa shape index (κ1) is 24.8. The highest BCUT2D eigenvalue weighted by atomic mass is 16.9. The average Bonchev–Trinajstić information content (AvgIpc) is 3.30. The van der Waals surface area contributed by atoms with Gasteiger partial charge in [-0.25, -0.2) is 0 Å². The highest BCUT2D eigenvalue weighted by Gasteiger charge is 2.65. The van der Waals surface area contributed by atoms with Crippen LogP contribution in [0.3, 0.4) is 0 Å². The van der Waals surface area contributed by atoms with E-state index in [1.54, 1.807) is 41.5 Å². The molecule has 0 aromatic rings. The van der Waals surface area contributed by atoms with Crippen LogP contribution in [0.2, 0.25) is 0 Å². The Labute approximate surface area is 199 Å². The fraction of sp³-hybridized carbons (Fsp3) is 0.957. The molecule has 11 heteroatoms. The van der Waals surface area contributed by atoms with Gasteiger partial charge in [-0.05, 0) is 48.5 Å². The van der Waals surface area contributed by atoms with Gasteiger partial charge in [0.15, 0.2) is 29.8 Å². The number of hydrogen-bond acceptors (Lipinski definition) is 11. The fourth-order valence-corrected chi connectivity index (χ4v) is 5.73. The summed E-state index contributed by atoms with van der Waals surface area (Å²) in [6.45, 7) is 13.9. The van der Waals surface area contributed by atoms with Gasteiger partial charge in [0, 0.05) is 6.92 Å². The summed E-state index contributed by atoms with van der Waals surface area (Å²) in [5, 5.41) is 11.3. The number of carbonyl (C=O) groups excluding carboxylic acids is 1. The Morgan fingerprint density at radius 3 is 1.91 bits per heavy atom. The summed E-state index contributed by atoms with van der Waals surface area (Å²) in [5.74, 6) is -3.26. The summed E-state index contributed by atoms with van der Waals surface area (Å²) in [5.41, 5.74) is 0. The summed E-state index contributed by atoms with van der Waals surface area (Å²) >= 11 is 0. The minimum atomic E-state index is -1.15. The highest BCUT2D eigenvalue weighted by Crippen LogP contribution is 2.47. The zero-order valence-corrected chi connectivity index (χ0v) is 20.9. The third-order valence-corrected chi connectivity index (χ3v) is 6.81. The molecule has 5 aliphatic heterocycles. The minimum absolute atomic E-state index is 0.437. The zero-order valence-electron chi connectivity index (χ0n) is 20.9. The van der Waals surface area contributed by atoms with Crippen molar-refractivity contribution in [2.24, 2.45) is 0 Å². The maximum absolute atomic E-state index is 12.2. The topological polar surface area (TPSA) is 120 Å².